The van der Waals surface area contributed by atoms with Gasteiger partial charge >= 0.3 is 5.63 Å². The molecule has 1 fully saturated rings. The lowest BCUT2D eigenvalue weighted by Crippen LogP contribution is -2.33. The first kappa shape index (κ1) is 16.2. The van der Waals surface area contributed by atoms with Crippen LogP contribution in [-0.4, -0.2) is 18.2 Å². The fourth-order valence-corrected chi connectivity index (χ4v) is 4.33. The van der Waals surface area contributed by atoms with E-state index in [-0.39, 0.29) is 5.63 Å². The van der Waals surface area contributed by atoms with Gasteiger partial charge in [0.25, 0.3) is 0 Å². The van der Waals surface area contributed by atoms with Crippen molar-refractivity contribution in [1.82, 2.24) is 4.90 Å². The molecule has 142 valence electrons. The van der Waals surface area contributed by atoms with Crippen LogP contribution in [0.25, 0.3) is 32.9 Å². The molecule has 2 aliphatic rings. The van der Waals surface area contributed by atoms with Gasteiger partial charge in [-0.15, -0.1) is 0 Å². The second-order valence-corrected chi connectivity index (χ2v) is 8.27. The first-order chi connectivity index (χ1) is 13.6. The summed E-state index contributed by atoms with van der Waals surface area (Å²) in [6.45, 7) is 6.48. The number of furan rings is 1. The molecule has 0 bridgehead atoms. The van der Waals surface area contributed by atoms with Crippen LogP contribution in [0.15, 0.2) is 37.9 Å². The van der Waals surface area contributed by atoms with E-state index in [4.69, 9.17) is 13.6 Å². The third-order valence-corrected chi connectivity index (χ3v) is 6.17. The minimum Gasteiger partial charge on any atom is -0.478 e. The summed E-state index contributed by atoms with van der Waals surface area (Å²) in [5, 5.41) is 2.20. The van der Waals surface area contributed by atoms with Gasteiger partial charge in [-0.3, -0.25) is 4.90 Å². The molecule has 0 atom stereocenters. The summed E-state index contributed by atoms with van der Waals surface area (Å²) in [6, 6.07) is 7.81. The van der Waals surface area contributed by atoms with Crippen LogP contribution in [0.2, 0.25) is 0 Å². The van der Waals surface area contributed by atoms with Gasteiger partial charge < -0.3 is 13.6 Å². The molecule has 0 radical (unpaired) electrons. The number of rotatable bonds is 2. The summed E-state index contributed by atoms with van der Waals surface area (Å²) in [4.78, 5) is 15.3. The molecule has 0 unspecified atom stereocenters. The lowest BCUT2D eigenvalue weighted by atomic mass is 10.0. The SMILES string of the molecule is Cc1cc2oc(=O)c3c(oc4ccc5c(c43)CN(CC3CC3)CO5)c2cc1C. The third kappa shape index (κ3) is 2.32. The molecule has 0 spiro atoms. The van der Waals surface area contributed by atoms with Gasteiger partial charge in [0.1, 0.15) is 29.0 Å². The van der Waals surface area contributed by atoms with Crippen molar-refractivity contribution in [2.24, 2.45) is 5.92 Å². The molecule has 0 saturated heterocycles. The molecule has 5 nitrogen and oxygen atoms in total. The van der Waals surface area contributed by atoms with Crippen molar-refractivity contribution in [2.45, 2.75) is 33.2 Å². The van der Waals surface area contributed by atoms with E-state index >= 15 is 0 Å². The van der Waals surface area contributed by atoms with Crippen molar-refractivity contribution >= 4 is 32.9 Å². The summed E-state index contributed by atoms with van der Waals surface area (Å²) >= 11 is 0. The summed E-state index contributed by atoms with van der Waals surface area (Å²) in [5.74, 6) is 1.62. The molecule has 1 aliphatic carbocycles. The molecule has 1 saturated carbocycles. The van der Waals surface area contributed by atoms with Crippen molar-refractivity contribution in [2.75, 3.05) is 13.3 Å². The predicted molar refractivity (Wildman–Crippen MR) is 108 cm³/mol. The maximum absolute atomic E-state index is 12.9. The van der Waals surface area contributed by atoms with E-state index in [0.717, 1.165) is 52.2 Å². The lowest BCUT2D eigenvalue weighted by Gasteiger charge is -2.29. The first-order valence-electron chi connectivity index (χ1n) is 9.86. The van der Waals surface area contributed by atoms with Gasteiger partial charge in [-0.1, -0.05) is 0 Å². The highest BCUT2D eigenvalue weighted by Gasteiger charge is 2.29. The Balaban J connectivity index is 1.65. The monoisotopic (exact) mass is 375 g/mol. The lowest BCUT2D eigenvalue weighted by molar-refractivity contribution is 0.0919. The molecular formula is C23H21NO4. The van der Waals surface area contributed by atoms with Crippen LogP contribution in [0.5, 0.6) is 5.75 Å². The Labute approximate surface area is 161 Å². The normalized spacial score (nSPS) is 17.4. The zero-order valence-electron chi connectivity index (χ0n) is 16.0. The highest BCUT2D eigenvalue weighted by atomic mass is 16.5. The minimum atomic E-state index is -0.350. The Bertz CT molecular complexity index is 1330. The topological polar surface area (TPSA) is 55.8 Å². The second-order valence-electron chi connectivity index (χ2n) is 8.27. The van der Waals surface area contributed by atoms with Gasteiger partial charge in [-0.05, 0) is 68.0 Å². The standard InChI is InChI=1S/C23H21NO4/c1-12-7-15-19(8-13(12)2)28-23(25)21-20-16-10-24(9-14-3-4-14)11-26-17(16)5-6-18(20)27-22(15)21/h5-8,14H,3-4,9-11H2,1-2H3. The largest absolute Gasteiger partial charge is 0.478 e. The van der Waals surface area contributed by atoms with E-state index < -0.39 is 0 Å². The van der Waals surface area contributed by atoms with Crippen LogP contribution < -0.4 is 10.4 Å². The molecule has 2 aromatic heterocycles. The number of hydrogen-bond donors (Lipinski definition) is 0. The minimum absolute atomic E-state index is 0.350. The fourth-order valence-electron chi connectivity index (χ4n) is 4.33. The quantitative estimate of drug-likeness (QED) is 0.468. The average Bonchev–Trinajstić information content (AvgIpc) is 3.39. The number of ether oxygens (including phenoxy) is 1. The first-order valence-corrected chi connectivity index (χ1v) is 9.86. The van der Waals surface area contributed by atoms with Crippen molar-refractivity contribution < 1.29 is 13.6 Å². The van der Waals surface area contributed by atoms with E-state index in [2.05, 4.69) is 11.8 Å². The van der Waals surface area contributed by atoms with Crippen LogP contribution in [0.3, 0.4) is 0 Å². The maximum Gasteiger partial charge on any atom is 0.348 e. The number of aryl methyl sites for hydroxylation is 2. The Kier molecular flexibility index (Phi) is 3.24. The van der Waals surface area contributed by atoms with Crippen LogP contribution in [0, 0.1) is 19.8 Å². The maximum atomic E-state index is 12.9. The zero-order chi connectivity index (χ0) is 19.0. The number of hydrogen-bond acceptors (Lipinski definition) is 5. The van der Waals surface area contributed by atoms with Crippen molar-refractivity contribution in [3.05, 3.63) is 51.4 Å². The number of nitrogens with zero attached hydrogens (tertiary/aromatic N) is 1. The smallest absolute Gasteiger partial charge is 0.348 e. The van der Waals surface area contributed by atoms with Crippen molar-refractivity contribution in [1.29, 1.82) is 0 Å². The van der Waals surface area contributed by atoms with Gasteiger partial charge in [0.15, 0.2) is 5.58 Å². The van der Waals surface area contributed by atoms with Crippen molar-refractivity contribution in [3.8, 4) is 5.75 Å². The molecule has 3 heterocycles. The number of fused-ring (bicyclic) bond motifs is 7. The fraction of sp³-hybridized carbons (Fsp3) is 0.348. The van der Waals surface area contributed by atoms with E-state index in [1.807, 2.05) is 31.2 Å². The third-order valence-electron chi connectivity index (χ3n) is 6.17. The summed E-state index contributed by atoms with van der Waals surface area (Å²) in [5.41, 5.74) is 4.80. The van der Waals surface area contributed by atoms with E-state index in [1.54, 1.807) is 0 Å². The van der Waals surface area contributed by atoms with Gasteiger partial charge in [0, 0.05) is 24.0 Å². The van der Waals surface area contributed by atoms with E-state index in [1.165, 1.54) is 12.8 Å². The Morgan fingerprint density at radius 3 is 2.68 bits per heavy atom. The van der Waals surface area contributed by atoms with Gasteiger partial charge in [0.05, 0.1) is 5.39 Å². The Morgan fingerprint density at radius 2 is 1.86 bits per heavy atom. The van der Waals surface area contributed by atoms with Crippen LogP contribution in [0.1, 0.15) is 29.5 Å². The highest BCUT2D eigenvalue weighted by Crippen LogP contribution is 2.40. The molecule has 6 rings (SSSR count). The van der Waals surface area contributed by atoms with Crippen LogP contribution in [0.4, 0.5) is 0 Å². The molecule has 2 aromatic carbocycles. The molecular weight excluding hydrogens is 354 g/mol. The highest BCUT2D eigenvalue weighted by molar-refractivity contribution is 6.14. The van der Waals surface area contributed by atoms with Gasteiger partial charge in [-0.2, -0.15) is 0 Å². The molecule has 0 amide bonds. The predicted octanol–water partition coefficient (Wildman–Crippen LogP) is 4.87. The molecule has 0 N–H and O–H groups in total. The summed E-state index contributed by atoms with van der Waals surface area (Å²) in [7, 11) is 0. The van der Waals surface area contributed by atoms with Crippen LogP contribution in [-0.2, 0) is 6.54 Å². The molecule has 1 aliphatic heterocycles. The molecule has 28 heavy (non-hydrogen) atoms. The van der Waals surface area contributed by atoms with E-state index in [9.17, 15) is 4.79 Å². The molecule has 5 heteroatoms. The van der Waals surface area contributed by atoms with Crippen molar-refractivity contribution in [3.63, 3.8) is 0 Å². The second kappa shape index (κ2) is 5.61. The van der Waals surface area contributed by atoms with Crippen LogP contribution >= 0.6 is 0 Å². The Hall–Kier alpha value is -2.79. The van der Waals surface area contributed by atoms with Gasteiger partial charge in [-0.25, -0.2) is 4.79 Å². The zero-order valence-corrected chi connectivity index (χ0v) is 16.0. The summed E-state index contributed by atoms with van der Waals surface area (Å²) in [6.07, 6.45) is 2.60. The average molecular weight is 375 g/mol. The number of benzene rings is 2. The summed E-state index contributed by atoms with van der Waals surface area (Å²) < 4.78 is 17.9. The molecule has 4 aromatic rings. The van der Waals surface area contributed by atoms with E-state index in [0.29, 0.717) is 28.9 Å². The Morgan fingerprint density at radius 1 is 1.04 bits per heavy atom. The van der Waals surface area contributed by atoms with Gasteiger partial charge in [0.2, 0.25) is 0 Å².